The fourth-order valence-corrected chi connectivity index (χ4v) is 4.45. The molecule has 1 aromatic carbocycles. The van der Waals surface area contributed by atoms with Crippen LogP contribution >= 0.6 is 0 Å². The number of carbonyl (C=O) groups excluding carboxylic acids is 2. The maximum atomic E-state index is 13.6. The normalized spacial score (nSPS) is 17.5. The number of likely N-dealkylation sites (tertiary alicyclic amines) is 1. The maximum Gasteiger partial charge on any atom is 0.317 e. The lowest BCUT2D eigenvalue weighted by atomic mass is 9.82. The van der Waals surface area contributed by atoms with Gasteiger partial charge in [-0.05, 0) is 29.8 Å². The minimum atomic E-state index is -0.670. The van der Waals surface area contributed by atoms with Crippen LogP contribution in [0.1, 0.15) is 35.2 Å². The molecule has 1 fully saturated rings. The number of hydrogen-bond donors (Lipinski definition) is 1. The number of amides is 2. The summed E-state index contributed by atoms with van der Waals surface area (Å²) in [6.45, 7) is 1.33. The Morgan fingerprint density at radius 3 is 2.87 bits per heavy atom. The molecule has 2 aromatic heterocycles. The SMILES string of the molecule is Cn1ccc2cc(CNC(=O)N3CCC4(CC3)CC(=O)c3ccc(F)cc3O4)cnc21. The van der Waals surface area contributed by atoms with Crippen LogP contribution in [0.4, 0.5) is 9.18 Å². The van der Waals surface area contributed by atoms with E-state index in [0.29, 0.717) is 43.8 Å². The van der Waals surface area contributed by atoms with Crippen molar-refractivity contribution in [3.63, 3.8) is 0 Å². The minimum absolute atomic E-state index is 0.0389. The second-order valence-corrected chi connectivity index (χ2v) is 8.35. The predicted molar refractivity (Wildman–Crippen MR) is 112 cm³/mol. The van der Waals surface area contributed by atoms with Crippen molar-refractivity contribution >= 4 is 22.8 Å². The van der Waals surface area contributed by atoms with E-state index in [1.165, 1.54) is 18.2 Å². The number of Topliss-reactive ketones (excluding diaryl/α,β-unsaturated/α-hetero) is 1. The van der Waals surface area contributed by atoms with Crippen LogP contribution < -0.4 is 10.1 Å². The number of pyridine rings is 1. The lowest BCUT2D eigenvalue weighted by Crippen LogP contribution is -2.54. The van der Waals surface area contributed by atoms with E-state index >= 15 is 0 Å². The largest absolute Gasteiger partial charge is 0.486 e. The highest BCUT2D eigenvalue weighted by Crippen LogP contribution is 2.39. The third kappa shape index (κ3) is 3.62. The summed E-state index contributed by atoms with van der Waals surface area (Å²) in [5.41, 5.74) is 1.59. The molecule has 2 aliphatic rings. The lowest BCUT2D eigenvalue weighted by Gasteiger charge is -2.43. The third-order valence-electron chi connectivity index (χ3n) is 6.22. The summed E-state index contributed by atoms with van der Waals surface area (Å²) in [6.07, 6.45) is 5.03. The Kier molecular flexibility index (Phi) is 4.64. The van der Waals surface area contributed by atoms with Crippen molar-refractivity contribution in [1.29, 1.82) is 0 Å². The highest BCUT2D eigenvalue weighted by atomic mass is 19.1. The molecule has 0 aliphatic carbocycles. The quantitative estimate of drug-likeness (QED) is 0.687. The fourth-order valence-electron chi connectivity index (χ4n) is 4.45. The first-order valence-corrected chi connectivity index (χ1v) is 10.4. The molecule has 1 spiro atoms. The smallest absolute Gasteiger partial charge is 0.317 e. The molecule has 0 radical (unpaired) electrons. The standard InChI is InChI=1S/C23H23FN4O3/c1-27-7-4-16-10-15(13-25-21(16)27)14-26-22(30)28-8-5-23(6-9-28)12-19(29)18-3-2-17(24)11-20(18)31-23/h2-4,7,10-11,13H,5-6,8-9,12,14H2,1H3,(H,26,30). The summed E-state index contributed by atoms with van der Waals surface area (Å²) >= 11 is 0. The minimum Gasteiger partial charge on any atom is -0.486 e. The molecule has 4 heterocycles. The maximum absolute atomic E-state index is 13.6. The summed E-state index contributed by atoms with van der Waals surface area (Å²) in [4.78, 5) is 31.4. The average Bonchev–Trinajstić information content (AvgIpc) is 3.12. The van der Waals surface area contributed by atoms with Crippen molar-refractivity contribution in [3.8, 4) is 5.75 Å². The first-order valence-electron chi connectivity index (χ1n) is 10.4. The van der Waals surface area contributed by atoms with Crippen molar-refractivity contribution in [2.75, 3.05) is 13.1 Å². The monoisotopic (exact) mass is 422 g/mol. The Morgan fingerprint density at radius 2 is 2.06 bits per heavy atom. The van der Waals surface area contributed by atoms with Crippen LogP contribution in [0.25, 0.3) is 11.0 Å². The number of urea groups is 1. The molecular formula is C23H23FN4O3. The molecule has 7 nitrogen and oxygen atoms in total. The third-order valence-corrected chi connectivity index (χ3v) is 6.22. The molecule has 2 aliphatic heterocycles. The van der Waals surface area contributed by atoms with Crippen molar-refractivity contribution in [1.82, 2.24) is 19.8 Å². The van der Waals surface area contributed by atoms with Gasteiger partial charge in [-0.15, -0.1) is 0 Å². The molecule has 1 saturated heterocycles. The fraction of sp³-hybridized carbons (Fsp3) is 0.348. The average molecular weight is 422 g/mol. The van der Waals surface area contributed by atoms with Gasteiger partial charge in [-0.3, -0.25) is 4.79 Å². The van der Waals surface area contributed by atoms with Gasteiger partial charge in [-0.25, -0.2) is 14.2 Å². The summed E-state index contributed by atoms with van der Waals surface area (Å²) in [5.74, 6) is -0.162. The van der Waals surface area contributed by atoms with E-state index in [-0.39, 0.29) is 18.2 Å². The van der Waals surface area contributed by atoms with E-state index in [0.717, 1.165) is 16.6 Å². The molecule has 1 N–H and O–H groups in total. The van der Waals surface area contributed by atoms with Gasteiger partial charge in [-0.1, -0.05) is 0 Å². The van der Waals surface area contributed by atoms with E-state index in [1.54, 1.807) is 11.1 Å². The van der Waals surface area contributed by atoms with E-state index in [1.807, 2.05) is 29.9 Å². The van der Waals surface area contributed by atoms with Crippen LogP contribution in [0.5, 0.6) is 5.75 Å². The predicted octanol–water partition coefficient (Wildman–Crippen LogP) is 3.42. The Morgan fingerprint density at radius 1 is 1.26 bits per heavy atom. The lowest BCUT2D eigenvalue weighted by molar-refractivity contribution is -0.000901. The number of ketones is 1. The number of aromatic nitrogens is 2. The first-order chi connectivity index (χ1) is 14.9. The van der Waals surface area contributed by atoms with Crippen LogP contribution in [0.2, 0.25) is 0 Å². The molecule has 160 valence electrons. The number of halogens is 1. The summed E-state index contributed by atoms with van der Waals surface area (Å²) < 4.78 is 21.6. The number of aryl methyl sites for hydroxylation is 1. The van der Waals surface area contributed by atoms with E-state index < -0.39 is 11.4 Å². The van der Waals surface area contributed by atoms with Gasteiger partial charge in [0.05, 0.1) is 12.0 Å². The Labute approximate surface area is 178 Å². The van der Waals surface area contributed by atoms with Crippen molar-refractivity contribution < 1.29 is 18.7 Å². The van der Waals surface area contributed by atoms with Gasteiger partial charge < -0.3 is 19.5 Å². The number of ether oxygens (including phenoxy) is 1. The molecule has 0 bridgehead atoms. The zero-order chi connectivity index (χ0) is 21.6. The Balaban J connectivity index is 1.20. The summed E-state index contributed by atoms with van der Waals surface area (Å²) in [7, 11) is 1.94. The summed E-state index contributed by atoms with van der Waals surface area (Å²) in [6, 6.07) is 7.88. The molecule has 8 heteroatoms. The molecular weight excluding hydrogens is 399 g/mol. The second kappa shape index (κ2) is 7.37. The van der Waals surface area contributed by atoms with Gasteiger partial charge >= 0.3 is 6.03 Å². The zero-order valence-electron chi connectivity index (χ0n) is 17.2. The van der Waals surface area contributed by atoms with Gasteiger partial charge in [0, 0.05) is 63.4 Å². The van der Waals surface area contributed by atoms with Crippen LogP contribution in [0, 0.1) is 5.82 Å². The molecule has 0 atom stereocenters. The van der Waals surface area contributed by atoms with Crippen molar-refractivity contribution in [2.24, 2.45) is 7.05 Å². The first kappa shape index (κ1) is 19.5. The van der Waals surface area contributed by atoms with Gasteiger partial charge in [0.25, 0.3) is 0 Å². The van der Waals surface area contributed by atoms with Crippen molar-refractivity contribution in [3.05, 3.63) is 59.7 Å². The zero-order valence-corrected chi connectivity index (χ0v) is 17.2. The van der Waals surface area contributed by atoms with Crippen LogP contribution in [-0.2, 0) is 13.6 Å². The van der Waals surface area contributed by atoms with Crippen LogP contribution in [0.15, 0.2) is 42.7 Å². The van der Waals surface area contributed by atoms with Gasteiger partial charge in [0.15, 0.2) is 5.78 Å². The number of fused-ring (bicyclic) bond motifs is 2. The van der Waals surface area contributed by atoms with Gasteiger partial charge in [0.2, 0.25) is 0 Å². The highest BCUT2D eigenvalue weighted by Gasteiger charge is 2.43. The number of rotatable bonds is 2. The van der Waals surface area contributed by atoms with E-state index in [2.05, 4.69) is 10.3 Å². The number of hydrogen-bond acceptors (Lipinski definition) is 4. The van der Waals surface area contributed by atoms with Gasteiger partial charge in [-0.2, -0.15) is 0 Å². The molecule has 31 heavy (non-hydrogen) atoms. The number of piperidine rings is 1. The number of benzene rings is 1. The van der Waals surface area contributed by atoms with Crippen LogP contribution in [0.3, 0.4) is 0 Å². The topological polar surface area (TPSA) is 76.5 Å². The second-order valence-electron chi connectivity index (χ2n) is 8.35. The molecule has 2 amide bonds. The number of carbonyl (C=O) groups is 2. The molecule has 0 saturated carbocycles. The number of nitrogens with zero attached hydrogens (tertiary/aromatic N) is 3. The molecule has 3 aromatic rings. The van der Waals surface area contributed by atoms with Gasteiger partial charge in [0.1, 0.15) is 22.8 Å². The Bertz CT molecular complexity index is 1180. The molecule has 5 rings (SSSR count). The van der Waals surface area contributed by atoms with E-state index in [4.69, 9.17) is 4.74 Å². The number of nitrogens with one attached hydrogen (secondary N) is 1. The molecule has 0 unspecified atom stereocenters. The Hall–Kier alpha value is -3.42. The summed E-state index contributed by atoms with van der Waals surface area (Å²) in [5, 5.41) is 3.98. The van der Waals surface area contributed by atoms with Crippen LogP contribution in [-0.4, -0.2) is 45.0 Å². The van der Waals surface area contributed by atoms with Crippen molar-refractivity contribution in [2.45, 2.75) is 31.4 Å². The highest BCUT2D eigenvalue weighted by molar-refractivity contribution is 6.00. The van der Waals surface area contributed by atoms with E-state index in [9.17, 15) is 14.0 Å².